The van der Waals surface area contributed by atoms with E-state index in [1.54, 1.807) is 0 Å². The van der Waals surface area contributed by atoms with Crippen molar-refractivity contribution in [3.8, 4) is 0 Å². The van der Waals surface area contributed by atoms with Crippen molar-refractivity contribution in [1.29, 1.82) is 0 Å². The molecule has 0 radical (unpaired) electrons. The number of likely N-dealkylation sites (tertiary alicyclic amines) is 1. The van der Waals surface area contributed by atoms with Gasteiger partial charge in [-0.2, -0.15) is 0 Å². The normalized spacial score (nSPS) is 29.4. The second kappa shape index (κ2) is 7.14. The zero-order valence-electron chi connectivity index (χ0n) is 15.9. The van der Waals surface area contributed by atoms with Crippen LogP contribution in [0.1, 0.15) is 59.3 Å². The van der Waals surface area contributed by atoms with Crippen molar-refractivity contribution in [3.63, 3.8) is 0 Å². The predicted octanol–water partition coefficient (Wildman–Crippen LogP) is 2.81. The Hall–Kier alpha value is -1.30. The highest BCUT2D eigenvalue weighted by Crippen LogP contribution is 2.35. The average molecular weight is 352 g/mol. The number of hydrogen-bond acceptors (Lipinski definition) is 4. The molecule has 25 heavy (non-hydrogen) atoms. The minimum absolute atomic E-state index is 0.100. The fraction of sp³-hybridized carbons (Fsp3) is 0.895. The summed E-state index contributed by atoms with van der Waals surface area (Å²) in [5.41, 5.74) is -1.07. The lowest BCUT2D eigenvalue weighted by atomic mass is 9.88. The van der Waals surface area contributed by atoms with Crippen LogP contribution >= 0.6 is 0 Å². The number of carbonyl (C=O) groups excluding carboxylic acids is 2. The van der Waals surface area contributed by atoms with Gasteiger partial charge < -0.3 is 19.3 Å². The van der Waals surface area contributed by atoms with Crippen molar-refractivity contribution in [1.82, 2.24) is 9.80 Å². The molecule has 142 valence electrons. The highest BCUT2D eigenvalue weighted by Gasteiger charge is 2.49. The second-order valence-corrected chi connectivity index (χ2v) is 8.48. The molecule has 3 aliphatic heterocycles. The Kier molecular flexibility index (Phi) is 5.28. The molecule has 3 aliphatic rings. The first-order valence-corrected chi connectivity index (χ1v) is 9.75. The number of amides is 2. The Balaban J connectivity index is 1.55. The summed E-state index contributed by atoms with van der Waals surface area (Å²) < 4.78 is 11.6. The maximum Gasteiger partial charge on any atom is 0.410 e. The average Bonchev–Trinajstić information content (AvgIpc) is 2.89. The molecule has 3 rings (SSSR count). The summed E-state index contributed by atoms with van der Waals surface area (Å²) in [7, 11) is 0. The summed E-state index contributed by atoms with van der Waals surface area (Å²) in [6.07, 6.45) is 5.12. The molecule has 0 N–H and O–H groups in total. The van der Waals surface area contributed by atoms with Gasteiger partial charge in [0.1, 0.15) is 11.2 Å². The molecule has 6 nitrogen and oxygen atoms in total. The highest BCUT2D eigenvalue weighted by molar-refractivity contribution is 5.85. The summed E-state index contributed by atoms with van der Waals surface area (Å²) in [6.45, 7) is 9.61. The van der Waals surface area contributed by atoms with Gasteiger partial charge in [-0.3, -0.25) is 4.79 Å². The van der Waals surface area contributed by atoms with E-state index in [1.807, 2.05) is 16.7 Å². The van der Waals surface area contributed by atoms with Crippen molar-refractivity contribution in [2.24, 2.45) is 5.92 Å². The lowest BCUT2D eigenvalue weighted by molar-refractivity contribution is -0.165. The van der Waals surface area contributed by atoms with Crippen LogP contribution in [0.25, 0.3) is 0 Å². The standard InChI is InChI=1S/C19H32N2O4/c1-15(2)6-10-21-14-19(25-17(21)23)8-11-20(12-9-19)16(22)18(3)7-4-5-13-24-18/h15H,4-14H2,1-3H3. The molecule has 0 saturated carbocycles. The minimum Gasteiger partial charge on any atom is -0.441 e. The van der Waals surface area contributed by atoms with Crippen LogP contribution < -0.4 is 0 Å². The van der Waals surface area contributed by atoms with E-state index in [0.29, 0.717) is 32.2 Å². The van der Waals surface area contributed by atoms with Crippen molar-refractivity contribution < 1.29 is 19.1 Å². The first-order valence-electron chi connectivity index (χ1n) is 9.75. The summed E-state index contributed by atoms with van der Waals surface area (Å²) >= 11 is 0. The van der Waals surface area contributed by atoms with Crippen LogP contribution in [0.3, 0.4) is 0 Å². The topological polar surface area (TPSA) is 59.1 Å². The van der Waals surface area contributed by atoms with E-state index in [9.17, 15) is 9.59 Å². The first kappa shape index (κ1) is 18.5. The first-order chi connectivity index (χ1) is 11.8. The lowest BCUT2D eigenvalue weighted by Gasteiger charge is -2.42. The second-order valence-electron chi connectivity index (χ2n) is 8.48. The van der Waals surface area contributed by atoms with E-state index >= 15 is 0 Å². The zero-order chi connectivity index (χ0) is 18.1. The number of rotatable bonds is 4. The summed E-state index contributed by atoms with van der Waals surface area (Å²) in [5.74, 6) is 0.670. The van der Waals surface area contributed by atoms with E-state index in [1.165, 1.54) is 0 Å². The molecule has 1 unspecified atom stereocenters. The van der Waals surface area contributed by atoms with Crippen molar-refractivity contribution in [3.05, 3.63) is 0 Å². The highest BCUT2D eigenvalue weighted by atomic mass is 16.6. The van der Waals surface area contributed by atoms with Gasteiger partial charge in [0.2, 0.25) is 0 Å². The maximum absolute atomic E-state index is 12.9. The number of ether oxygens (including phenoxy) is 2. The van der Waals surface area contributed by atoms with Crippen LogP contribution in [-0.2, 0) is 14.3 Å². The number of nitrogens with zero attached hydrogens (tertiary/aromatic N) is 2. The molecule has 0 bridgehead atoms. The predicted molar refractivity (Wildman–Crippen MR) is 94.3 cm³/mol. The van der Waals surface area contributed by atoms with Gasteiger partial charge in [0.15, 0.2) is 0 Å². The molecule has 0 aromatic carbocycles. The van der Waals surface area contributed by atoms with Gasteiger partial charge in [-0.05, 0) is 38.5 Å². The van der Waals surface area contributed by atoms with Gasteiger partial charge in [-0.15, -0.1) is 0 Å². The molecule has 1 spiro atoms. The van der Waals surface area contributed by atoms with Gasteiger partial charge >= 0.3 is 6.09 Å². The van der Waals surface area contributed by atoms with Gasteiger partial charge in [-0.1, -0.05) is 13.8 Å². The number of piperidine rings is 1. The fourth-order valence-corrected chi connectivity index (χ4v) is 4.09. The molecule has 0 aliphatic carbocycles. The smallest absolute Gasteiger partial charge is 0.410 e. The Bertz CT molecular complexity index is 506. The Morgan fingerprint density at radius 2 is 1.92 bits per heavy atom. The summed E-state index contributed by atoms with van der Waals surface area (Å²) in [5, 5.41) is 0. The molecule has 2 amide bonds. The van der Waals surface area contributed by atoms with Crippen LogP contribution in [0.2, 0.25) is 0 Å². The summed E-state index contributed by atoms with van der Waals surface area (Å²) in [4.78, 5) is 28.8. The van der Waals surface area contributed by atoms with Crippen LogP contribution in [0, 0.1) is 5.92 Å². The Labute approximate surface area is 150 Å². The van der Waals surface area contributed by atoms with Crippen LogP contribution in [0.5, 0.6) is 0 Å². The van der Waals surface area contributed by atoms with Crippen LogP contribution in [0.4, 0.5) is 4.79 Å². The van der Waals surface area contributed by atoms with Gasteiger partial charge in [-0.25, -0.2) is 4.79 Å². The summed E-state index contributed by atoms with van der Waals surface area (Å²) in [6, 6.07) is 0. The molecule has 1 atom stereocenters. The van der Waals surface area contributed by atoms with Crippen LogP contribution in [0.15, 0.2) is 0 Å². The van der Waals surface area contributed by atoms with Crippen molar-refractivity contribution >= 4 is 12.0 Å². The fourth-order valence-electron chi connectivity index (χ4n) is 4.09. The minimum atomic E-state index is -0.668. The van der Waals surface area contributed by atoms with Gasteiger partial charge in [0.05, 0.1) is 6.54 Å². The van der Waals surface area contributed by atoms with E-state index in [2.05, 4.69) is 13.8 Å². The Morgan fingerprint density at radius 1 is 1.20 bits per heavy atom. The molecule has 3 heterocycles. The molecular weight excluding hydrogens is 320 g/mol. The van der Waals surface area contributed by atoms with Gasteiger partial charge in [0.25, 0.3) is 5.91 Å². The third-order valence-electron chi connectivity index (χ3n) is 5.90. The molecule has 6 heteroatoms. The molecule has 3 saturated heterocycles. The monoisotopic (exact) mass is 352 g/mol. The van der Waals surface area contributed by atoms with E-state index in [-0.39, 0.29) is 12.0 Å². The third kappa shape index (κ3) is 3.94. The van der Waals surface area contributed by atoms with E-state index in [4.69, 9.17) is 9.47 Å². The largest absolute Gasteiger partial charge is 0.441 e. The molecule has 0 aromatic rings. The van der Waals surface area contributed by atoms with Crippen molar-refractivity contribution in [2.75, 3.05) is 32.8 Å². The van der Waals surface area contributed by atoms with Crippen LogP contribution in [-0.4, -0.2) is 65.8 Å². The van der Waals surface area contributed by atoms with E-state index in [0.717, 1.165) is 45.1 Å². The Morgan fingerprint density at radius 3 is 2.52 bits per heavy atom. The number of carbonyl (C=O) groups is 2. The van der Waals surface area contributed by atoms with E-state index < -0.39 is 11.2 Å². The SMILES string of the molecule is CC(C)CCN1CC2(CCN(C(=O)C3(C)CCCCO3)CC2)OC1=O. The third-order valence-corrected chi connectivity index (χ3v) is 5.90. The van der Waals surface area contributed by atoms with Gasteiger partial charge in [0, 0.05) is 39.1 Å². The lowest BCUT2D eigenvalue weighted by Crippen LogP contribution is -2.55. The zero-order valence-corrected chi connectivity index (χ0v) is 15.9. The quantitative estimate of drug-likeness (QED) is 0.781. The molecule has 3 fully saturated rings. The van der Waals surface area contributed by atoms with Crippen molar-refractivity contribution in [2.45, 2.75) is 70.5 Å². The molecule has 0 aromatic heterocycles. The maximum atomic E-state index is 12.9. The molecular formula is C19H32N2O4. The number of hydrogen-bond donors (Lipinski definition) is 0.